The second kappa shape index (κ2) is 5.22. The lowest BCUT2D eigenvalue weighted by Gasteiger charge is -2.09. The Kier molecular flexibility index (Phi) is 3.64. The quantitative estimate of drug-likeness (QED) is 0.921. The molecule has 0 amide bonds. The molecule has 0 saturated carbocycles. The van der Waals surface area contributed by atoms with Crippen molar-refractivity contribution in [1.82, 2.24) is 9.78 Å². The fourth-order valence-corrected chi connectivity index (χ4v) is 1.97. The van der Waals surface area contributed by atoms with E-state index in [-0.39, 0.29) is 5.56 Å². The van der Waals surface area contributed by atoms with Crippen LogP contribution in [-0.2, 0) is 12.8 Å². The number of carboxylic acids is 1. The molecule has 0 bridgehead atoms. The largest absolute Gasteiger partial charge is 0.478 e. The number of hydrogen-bond acceptors (Lipinski definition) is 2. The summed E-state index contributed by atoms with van der Waals surface area (Å²) in [6, 6.07) is 5.65. The Morgan fingerprint density at radius 2 is 2.05 bits per heavy atom. The van der Waals surface area contributed by atoms with E-state index in [0.717, 1.165) is 30.3 Å². The number of nitrogens with zero attached hydrogens (tertiary/aromatic N) is 2. The summed E-state index contributed by atoms with van der Waals surface area (Å²) in [5.41, 5.74) is 2.11. The zero-order valence-corrected chi connectivity index (χ0v) is 10.9. The number of carboxylic acid groups (broad SMARTS) is 1. The lowest BCUT2D eigenvalue weighted by molar-refractivity contribution is 0.0696. The maximum Gasteiger partial charge on any atom is 0.338 e. The summed E-state index contributed by atoms with van der Waals surface area (Å²) in [7, 11) is 0. The molecule has 0 spiro atoms. The van der Waals surface area contributed by atoms with Gasteiger partial charge in [-0.25, -0.2) is 13.9 Å². The zero-order valence-electron chi connectivity index (χ0n) is 10.9. The molecule has 0 fully saturated rings. The van der Waals surface area contributed by atoms with Gasteiger partial charge in [0.2, 0.25) is 0 Å². The molecule has 2 aromatic rings. The molecule has 0 saturated heterocycles. The molecule has 19 heavy (non-hydrogen) atoms. The maximum absolute atomic E-state index is 13.2. The van der Waals surface area contributed by atoms with E-state index in [4.69, 9.17) is 0 Å². The molecule has 2 rings (SSSR count). The van der Waals surface area contributed by atoms with Gasteiger partial charge in [0.05, 0.1) is 16.9 Å². The van der Waals surface area contributed by atoms with Gasteiger partial charge in [-0.2, -0.15) is 5.10 Å². The Hall–Kier alpha value is -2.17. The summed E-state index contributed by atoms with van der Waals surface area (Å²) in [6.45, 7) is 3.95. The van der Waals surface area contributed by atoms with E-state index in [0.29, 0.717) is 5.69 Å². The van der Waals surface area contributed by atoms with E-state index < -0.39 is 11.8 Å². The highest BCUT2D eigenvalue weighted by atomic mass is 19.1. The van der Waals surface area contributed by atoms with Crippen LogP contribution in [0.4, 0.5) is 4.39 Å². The van der Waals surface area contributed by atoms with Crippen molar-refractivity contribution in [2.75, 3.05) is 0 Å². The smallest absolute Gasteiger partial charge is 0.338 e. The number of aryl methyl sites for hydroxylation is 2. The van der Waals surface area contributed by atoms with Crippen LogP contribution in [0.1, 0.15) is 35.6 Å². The molecule has 0 aliphatic carbocycles. The molecular weight excluding hydrogens is 247 g/mol. The van der Waals surface area contributed by atoms with Crippen LogP contribution in [0.5, 0.6) is 0 Å². The first kappa shape index (κ1) is 13.3. The maximum atomic E-state index is 13.2. The predicted octanol–water partition coefficient (Wildman–Crippen LogP) is 2.83. The van der Waals surface area contributed by atoms with Crippen molar-refractivity contribution in [3.8, 4) is 5.69 Å². The molecule has 1 aromatic heterocycles. The van der Waals surface area contributed by atoms with Crippen LogP contribution in [0.15, 0.2) is 24.3 Å². The molecule has 0 aliphatic heterocycles. The number of aromatic carboxylic acids is 1. The fraction of sp³-hybridized carbons (Fsp3) is 0.286. The van der Waals surface area contributed by atoms with Gasteiger partial charge in [-0.3, -0.25) is 0 Å². The minimum atomic E-state index is -1.16. The monoisotopic (exact) mass is 262 g/mol. The molecule has 0 radical (unpaired) electrons. The van der Waals surface area contributed by atoms with E-state index in [1.54, 1.807) is 4.68 Å². The van der Waals surface area contributed by atoms with Crippen LogP contribution >= 0.6 is 0 Å². The second-order valence-electron chi connectivity index (χ2n) is 4.21. The van der Waals surface area contributed by atoms with E-state index >= 15 is 0 Å². The van der Waals surface area contributed by atoms with Gasteiger partial charge >= 0.3 is 5.97 Å². The molecule has 5 heteroatoms. The van der Waals surface area contributed by atoms with E-state index in [1.807, 2.05) is 19.9 Å². The van der Waals surface area contributed by atoms with Crippen LogP contribution in [0.3, 0.4) is 0 Å². The molecule has 1 heterocycles. The van der Waals surface area contributed by atoms with E-state index in [9.17, 15) is 14.3 Å². The van der Waals surface area contributed by atoms with Crippen LogP contribution in [0.2, 0.25) is 0 Å². The Morgan fingerprint density at radius 3 is 2.63 bits per heavy atom. The van der Waals surface area contributed by atoms with E-state index in [1.165, 1.54) is 12.1 Å². The van der Waals surface area contributed by atoms with Crippen molar-refractivity contribution in [2.45, 2.75) is 26.7 Å². The first-order valence-electron chi connectivity index (χ1n) is 6.17. The molecule has 1 N–H and O–H groups in total. The zero-order chi connectivity index (χ0) is 14.0. The first-order valence-corrected chi connectivity index (χ1v) is 6.17. The van der Waals surface area contributed by atoms with Crippen LogP contribution in [0, 0.1) is 5.82 Å². The van der Waals surface area contributed by atoms with Crippen molar-refractivity contribution >= 4 is 5.97 Å². The summed E-state index contributed by atoms with van der Waals surface area (Å²) in [4.78, 5) is 11.2. The van der Waals surface area contributed by atoms with Gasteiger partial charge in [0.25, 0.3) is 0 Å². The fourth-order valence-electron chi connectivity index (χ4n) is 1.97. The van der Waals surface area contributed by atoms with E-state index in [2.05, 4.69) is 5.10 Å². The number of benzene rings is 1. The highest BCUT2D eigenvalue weighted by Crippen LogP contribution is 2.19. The lowest BCUT2D eigenvalue weighted by Crippen LogP contribution is -2.09. The first-order chi connectivity index (χ1) is 9.06. The van der Waals surface area contributed by atoms with Crippen LogP contribution < -0.4 is 0 Å². The average molecular weight is 262 g/mol. The number of hydrogen-bond donors (Lipinski definition) is 1. The summed E-state index contributed by atoms with van der Waals surface area (Å²) in [6.07, 6.45) is 1.49. The molecule has 100 valence electrons. The van der Waals surface area contributed by atoms with Crippen LogP contribution in [0.25, 0.3) is 5.69 Å². The molecular formula is C14H15FN2O2. The molecule has 0 unspecified atom stereocenters. The highest BCUT2D eigenvalue weighted by Gasteiger charge is 2.16. The average Bonchev–Trinajstić information content (AvgIpc) is 2.81. The Labute approximate surface area is 110 Å². The normalized spacial score (nSPS) is 10.7. The summed E-state index contributed by atoms with van der Waals surface area (Å²) < 4.78 is 14.8. The summed E-state index contributed by atoms with van der Waals surface area (Å²) in [5, 5.41) is 13.5. The van der Waals surface area contributed by atoms with Crippen molar-refractivity contribution in [3.63, 3.8) is 0 Å². The topological polar surface area (TPSA) is 55.1 Å². The van der Waals surface area contributed by atoms with Crippen molar-refractivity contribution in [2.24, 2.45) is 0 Å². The number of rotatable bonds is 4. The summed E-state index contributed by atoms with van der Waals surface area (Å²) >= 11 is 0. The minimum absolute atomic E-state index is 0.0829. The predicted molar refractivity (Wildman–Crippen MR) is 69.2 cm³/mol. The third-order valence-corrected chi connectivity index (χ3v) is 2.98. The van der Waals surface area contributed by atoms with Crippen molar-refractivity contribution in [1.29, 1.82) is 0 Å². The minimum Gasteiger partial charge on any atom is -0.478 e. The Morgan fingerprint density at radius 1 is 1.32 bits per heavy atom. The van der Waals surface area contributed by atoms with Gasteiger partial charge < -0.3 is 5.11 Å². The third-order valence-electron chi connectivity index (χ3n) is 2.98. The van der Waals surface area contributed by atoms with Gasteiger partial charge in [-0.1, -0.05) is 13.8 Å². The molecule has 4 nitrogen and oxygen atoms in total. The highest BCUT2D eigenvalue weighted by molar-refractivity contribution is 5.91. The molecule has 0 aliphatic rings. The van der Waals surface area contributed by atoms with Gasteiger partial charge in [0.1, 0.15) is 5.82 Å². The number of aromatic nitrogens is 2. The van der Waals surface area contributed by atoms with Gasteiger partial charge in [0.15, 0.2) is 0 Å². The standard InChI is InChI=1S/C14H15FN2O2/c1-3-10-8-11(4-2)17(16-10)13-6-5-9(15)7-12(13)14(18)19/h5-8H,3-4H2,1-2H3,(H,18,19). The van der Waals surface area contributed by atoms with Crippen LogP contribution in [-0.4, -0.2) is 20.9 Å². The van der Waals surface area contributed by atoms with Crippen molar-refractivity contribution < 1.29 is 14.3 Å². The number of carbonyl (C=O) groups is 1. The van der Waals surface area contributed by atoms with Gasteiger partial charge in [0, 0.05) is 5.69 Å². The Balaban J connectivity index is 2.64. The molecule has 0 atom stereocenters. The summed E-state index contributed by atoms with van der Waals surface area (Å²) in [5.74, 6) is -1.73. The molecule has 1 aromatic carbocycles. The van der Waals surface area contributed by atoms with Gasteiger partial charge in [-0.05, 0) is 37.1 Å². The third kappa shape index (κ3) is 2.50. The van der Waals surface area contributed by atoms with Crippen molar-refractivity contribution in [3.05, 3.63) is 47.0 Å². The van der Waals surface area contributed by atoms with Gasteiger partial charge in [-0.15, -0.1) is 0 Å². The SMILES string of the molecule is CCc1cc(CC)n(-c2ccc(F)cc2C(=O)O)n1. The number of halogens is 1. The lowest BCUT2D eigenvalue weighted by atomic mass is 10.1. The Bertz CT molecular complexity index is 620. The second-order valence-corrected chi connectivity index (χ2v) is 4.21.